The fraction of sp³-hybridized carbons (Fsp3) is 0.474. The number of nitrogens with one attached hydrogen (secondary N) is 2. The number of aryl methyl sites for hydroxylation is 1. The molecule has 1 heterocycles. The molecule has 0 aliphatic carbocycles. The lowest BCUT2D eigenvalue weighted by Gasteiger charge is -2.20. The summed E-state index contributed by atoms with van der Waals surface area (Å²) in [4.78, 5) is 4.52. The first kappa shape index (κ1) is 19.8. The first-order chi connectivity index (χ1) is 12.5. The average Bonchev–Trinajstić information content (AvgIpc) is 3.07. The number of methoxy groups -OCH3 is 1. The van der Waals surface area contributed by atoms with E-state index >= 15 is 0 Å². The van der Waals surface area contributed by atoms with Crippen molar-refractivity contribution in [2.75, 3.05) is 26.7 Å². The van der Waals surface area contributed by atoms with E-state index in [0.29, 0.717) is 12.5 Å². The van der Waals surface area contributed by atoms with Crippen molar-refractivity contribution in [2.24, 2.45) is 12.0 Å². The van der Waals surface area contributed by atoms with E-state index in [1.54, 1.807) is 31.1 Å². The molecule has 0 amide bonds. The normalized spacial score (nSPS) is 14.0. The number of ether oxygens (including phenoxy) is 1. The van der Waals surface area contributed by atoms with Crippen LogP contribution in [0.4, 0.5) is 0 Å². The largest absolute Gasteiger partial charge is 0.496 e. The van der Waals surface area contributed by atoms with Gasteiger partial charge in [-0.05, 0) is 31.9 Å². The molecule has 2 rings (SSSR count). The van der Waals surface area contributed by atoms with E-state index in [4.69, 9.17) is 4.74 Å². The Morgan fingerprint density at radius 1 is 1.35 bits per heavy atom. The van der Waals surface area contributed by atoms with Gasteiger partial charge in [0.1, 0.15) is 11.4 Å². The number of guanidine groups is 1. The van der Waals surface area contributed by atoms with Crippen LogP contribution >= 0.6 is 0 Å². The Kier molecular flexibility index (Phi) is 7.03. The molecule has 2 aromatic rings. The Hall–Kier alpha value is -2.54. The number of rotatable bonds is 8. The molecule has 0 radical (unpaired) electrons. The standard InChI is InChI=1S/C19H29N5O2/c1-5-20-18(21-11-10-15-8-6-7-9-17(15)26-4)22-14-19(2,25)16-12-23-24(3)13-16/h6-9,12-13,25H,5,10-11,14H2,1-4H3,(H2,20,21,22). The minimum atomic E-state index is -1.07. The van der Waals surface area contributed by atoms with Crippen molar-refractivity contribution in [2.45, 2.75) is 25.9 Å². The molecule has 0 aliphatic heterocycles. The molecule has 1 atom stereocenters. The smallest absolute Gasteiger partial charge is 0.191 e. The van der Waals surface area contributed by atoms with E-state index in [-0.39, 0.29) is 6.54 Å². The van der Waals surface area contributed by atoms with Crippen molar-refractivity contribution in [3.8, 4) is 5.75 Å². The molecule has 1 aromatic carbocycles. The van der Waals surface area contributed by atoms with Gasteiger partial charge in [0, 0.05) is 31.9 Å². The van der Waals surface area contributed by atoms with Gasteiger partial charge in [-0.3, -0.25) is 4.68 Å². The molecular weight excluding hydrogens is 330 g/mol. The summed E-state index contributed by atoms with van der Waals surface area (Å²) < 4.78 is 7.05. The lowest BCUT2D eigenvalue weighted by molar-refractivity contribution is 0.0672. The van der Waals surface area contributed by atoms with E-state index < -0.39 is 5.60 Å². The van der Waals surface area contributed by atoms with Crippen LogP contribution in [-0.2, 0) is 19.1 Å². The molecule has 1 unspecified atom stereocenters. The van der Waals surface area contributed by atoms with Crippen LogP contribution in [0.2, 0.25) is 0 Å². The lowest BCUT2D eigenvalue weighted by Crippen LogP contribution is -2.39. The highest BCUT2D eigenvalue weighted by atomic mass is 16.5. The quantitative estimate of drug-likeness (QED) is 0.491. The van der Waals surface area contributed by atoms with Crippen molar-refractivity contribution in [1.82, 2.24) is 20.4 Å². The molecular formula is C19H29N5O2. The molecule has 0 bridgehead atoms. The minimum Gasteiger partial charge on any atom is -0.496 e. The summed E-state index contributed by atoms with van der Waals surface area (Å²) in [7, 11) is 3.50. The van der Waals surface area contributed by atoms with Crippen molar-refractivity contribution in [3.63, 3.8) is 0 Å². The lowest BCUT2D eigenvalue weighted by atomic mass is 10.0. The second-order valence-electron chi connectivity index (χ2n) is 6.36. The van der Waals surface area contributed by atoms with Gasteiger partial charge in [-0.25, -0.2) is 4.99 Å². The van der Waals surface area contributed by atoms with Crippen LogP contribution in [-0.4, -0.2) is 47.6 Å². The zero-order chi connectivity index (χ0) is 19.0. The second-order valence-corrected chi connectivity index (χ2v) is 6.36. The third kappa shape index (κ3) is 5.49. The number of hydrogen-bond acceptors (Lipinski definition) is 4. The Morgan fingerprint density at radius 2 is 2.12 bits per heavy atom. The van der Waals surface area contributed by atoms with Gasteiger partial charge < -0.3 is 20.5 Å². The SMILES string of the molecule is CCNC(=NCC(C)(O)c1cnn(C)c1)NCCc1ccccc1OC. The molecule has 142 valence electrons. The van der Waals surface area contributed by atoms with E-state index in [2.05, 4.69) is 26.8 Å². The zero-order valence-electron chi connectivity index (χ0n) is 16.0. The van der Waals surface area contributed by atoms with Crippen molar-refractivity contribution < 1.29 is 9.84 Å². The second kappa shape index (κ2) is 9.24. The third-order valence-corrected chi connectivity index (χ3v) is 4.10. The number of aromatic nitrogens is 2. The molecule has 0 saturated carbocycles. The number of benzene rings is 1. The topological polar surface area (TPSA) is 83.7 Å². The Bertz CT molecular complexity index is 724. The summed E-state index contributed by atoms with van der Waals surface area (Å²) in [6, 6.07) is 7.97. The van der Waals surface area contributed by atoms with Gasteiger partial charge >= 0.3 is 0 Å². The predicted molar refractivity (Wildman–Crippen MR) is 103 cm³/mol. The summed E-state index contributed by atoms with van der Waals surface area (Å²) in [6.07, 6.45) is 4.28. The first-order valence-electron chi connectivity index (χ1n) is 8.82. The predicted octanol–water partition coefficient (Wildman–Crippen LogP) is 1.43. The van der Waals surface area contributed by atoms with Gasteiger partial charge in [0.2, 0.25) is 0 Å². The van der Waals surface area contributed by atoms with Crippen molar-refractivity contribution >= 4 is 5.96 Å². The summed E-state index contributed by atoms with van der Waals surface area (Å²) in [6.45, 7) is 5.45. The zero-order valence-corrected chi connectivity index (χ0v) is 16.0. The highest BCUT2D eigenvalue weighted by Gasteiger charge is 2.24. The van der Waals surface area contributed by atoms with Crippen LogP contribution in [0, 0.1) is 0 Å². The van der Waals surface area contributed by atoms with Gasteiger partial charge in [-0.2, -0.15) is 5.10 Å². The molecule has 3 N–H and O–H groups in total. The van der Waals surface area contributed by atoms with E-state index in [0.717, 1.165) is 29.8 Å². The summed E-state index contributed by atoms with van der Waals surface area (Å²) in [5.41, 5.74) is 0.813. The molecule has 0 fully saturated rings. The fourth-order valence-corrected chi connectivity index (χ4v) is 2.59. The number of aliphatic imine (C=N–C) groups is 1. The molecule has 1 aromatic heterocycles. The molecule has 7 nitrogen and oxygen atoms in total. The Morgan fingerprint density at radius 3 is 2.77 bits per heavy atom. The van der Waals surface area contributed by atoms with Crippen LogP contribution in [0.15, 0.2) is 41.7 Å². The van der Waals surface area contributed by atoms with E-state index in [1.807, 2.05) is 32.2 Å². The first-order valence-corrected chi connectivity index (χ1v) is 8.82. The van der Waals surface area contributed by atoms with Gasteiger partial charge in [0.15, 0.2) is 5.96 Å². The minimum absolute atomic E-state index is 0.239. The molecule has 0 aliphatic rings. The van der Waals surface area contributed by atoms with Gasteiger partial charge in [-0.1, -0.05) is 18.2 Å². The number of nitrogens with zero attached hydrogens (tertiary/aromatic N) is 3. The summed E-state index contributed by atoms with van der Waals surface area (Å²) in [5.74, 6) is 1.56. The van der Waals surface area contributed by atoms with Gasteiger partial charge in [0.25, 0.3) is 0 Å². The molecule has 26 heavy (non-hydrogen) atoms. The summed E-state index contributed by atoms with van der Waals surface area (Å²) >= 11 is 0. The number of hydrogen-bond donors (Lipinski definition) is 3. The van der Waals surface area contributed by atoms with Crippen LogP contribution < -0.4 is 15.4 Å². The van der Waals surface area contributed by atoms with E-state index in [1.165, 1.54) is 0 Å². The Labute approximate surface area is 155 Å². The maximum atomic E-state index is 10.7. The van der Waals surface area contributed by atoms with Gasteiger partial charge in [0.05, 0.1) is 19.9 Å². The highest BCUT2D eigenvalue weighted by molar-refractivity contribution is 5.79. The number of aliphatic hydroxyl groups is 1. The maximum absolute atomic E-state index is 10.7. The third-order valence-electron chi connectivity index (χ3n) is 4.10. The Balaban J connectivity index is 1.96. The molecule has 0 saturated heterocycles. The molecule has 7 heteroatoms. The van der Waals surface area contributed by atoms with E-state index in [9.17, 15) is 5.11 Å². The average molecular weight is 359 g/mol. The van der Waals surface area contributed by atoms with Crippen LogP contribution in [0.5, 0.6) is 5.75 Å². The number of para-hydroxylation sites is 1. The van der Waals surface area contributed by atoms with Gasteiger partial charge in [-0.15, -0.1) is 0 Å². The van der Waals surface area contributed by atoms with Crippen LogP contribution in [0.1, 0.15) is 25.0 Å². The molecule has 0 spiro atoms. The highest BCUT2D eigenvalue weighted by Crippen LogP contribution is 2.20. The maximum Gasteiger partial charge on any atom is 0.191 e. The fourth-order valence-electron chi connectivity index (χ4n) is 2.59. The van der Waals surface area contributed by atoms with Crippen LogP contribution in [0.25, 0.3) is 0 Å². The van der Waals surface area contributed by atoms with Crippen molar-refractivity contribution in [1.29, 1.82) is 0 Å². The monoisotopic (exact) mass is 359 g/mol. The summed E-state index contributed by atoms with van der Waals surface area (Å²) in [5, 5.41) is 21.3. The van der Waals surface area contributed by atoms with Crippen LogP contribution in [0.3, 0.4) is 0 Å². The van der Waals surface area contributed by atoms with Crippen molar-refractivity contribution in [3.05, 3.63) is 47.8 Å².